The SMILES string of the molecule is O=Cc1ccc(O)c(CN(Cc2ccccn2)Cc2ccccn2)c1O. The summed E-state index contributed by atoms with van der Waals surface area (Å²) < 4.78 is 0. The second-order valence-electron chi connectivity index (χ2n) is 5.91. The van der Waals surface area contributed by atoms with Crippen molar-refractivity contribution in [3.05, 3.63) is 83.4 Å². The van der Waals surface area contributed by atoms with E-state index in [1.165, 1.54) is 12.1 Å². The normalized spacial score (nSPS) is 10.8. The lowest BCUT2D eigenvalue weighted by Crippen LogP contribution is -2.23. The smallest absolute Gasteiger partial charge is 0.153 e. The highest BCUT2D eigenvalue weighted by atomic mass is 16.3. The number of nitrogens with zero attached hydrogens (tertiary/aromatic N) is 3. The average molecular weight is 349 g/mol. The summed E-state index contributed by atoms with van der Waals surface area (Å²) in [7, 11) is 0. The Morgan fingerprint density at radius 2 is 1.46 bits per heavy atom. The Hall–Kier alpha value is -3.25. The molecule has 0 aliphatic rings. The molecule has 0 radical (unpaired) electrons. The topological polar surface area (TPSA) is 86.5 Å². The first-order valence-corrected chi connectivity index (χ1v) is 8.18. The number of aldehydes is 1. The molecule has 0 saturated heterocycles. The first-order chi connectivity index (χ1) is 12.7. The van der Waals surface area contributed by atoms with E-state index >= 15 is 0 Å². The van der Waals surface area contributed by atoms with Gasteiger partial charge in [0.2, 0.25) is 0 Å². The Bertz CT molecular complexity index is 829. The fourth-order valence-corrected chi connectivity index (χ4v) is 2.73. The first-order valence-electron chi connectivity index (χ1n) is 8.18. The second-order valence-corrected chi connectivity index (χ2v) is 5.91. The van der Waals surface area contributed by atoms with Crippen LogP contribution < -0.4 is 0 Å². The van der Waals surface area contributed by atoms with Gasteiger partial charge in [0.25, 0.3) is 0 Å². The van der Waals surface area contributed by atoms with Crippen LogP contribution in [-0.4, -0.2) is 31.4 Å². The molecule has 26 heavy (non-hydrogen) atoms. The zero-order chi connectivity index (χ0) is 18.4. The monoisotopic (exact) mass is 349 g/mol. The Labute approximate surface area is 151 Å². The van der Waals surface area contributed by atoms with Crippen molar-refractivity contribution in [3.8, 4) is 11.5 Å². The van der Waals surface area contributed by atoms with Gasteiger partial charge in [0.1, 0.15) is 11.5 Å². The molecule has 2 aromatic heterocycles. The van der Waals surface area contributed by atoms with Gasteiger partial charge < -0.3 is 10.2 Å². The van der Waals surface area contributed by atoms with Crippen LogP contribution in [0.25, 0.3) is 0 Å². The van der Waals surface area contributed by atoms with Crippen molar-refractivity contribution in [1.82, 2.24) is 14.9 Å². The predicted octanol–water partition coefficient (Wildman–Crippen LogP) is 2.90. The number of hydrogen-bond acceptors (Lipinski definition) is 6. The van der Waals surface area contributed by atoms with Crippen molar-refractivity contribution in [2.45, 2.75) is 19.6 Å². The van der Waals surface area contributed by atoms with Crippen LogP contribution in [0.4, 0.5) is 0 Å². The average Bonchev–Trinajstić information content (AvgIpc) is 2.67. The van der Waals surface area contributed by atoms with E-state index in [0.29, 0.717) is 24.9 Å². The maximum Gasteiger partial charge on any atom is 0.153 e. The van der Waals surface area contributed by atoms with Gasteiger partial charge in [-0.1, -0.05) is 12.1 Å². The number of hydrogen-bond donors (Lipinski definition) is 2. The molecule has 6 heteroatoms. The molecule has 0 unspecified atom stereocenters. The molecule has 1 aromatic carbocycles. The summed E-state index contributed by atoms with van der Waals surface area (Å²) in [5, 5.41) is 20.5. The van der Waals surface area contributed by atoms with Crippen LogP contribution >= 0.6 is 0 Å². The predicted molar refractivity (Wildman–Crippen MR) is 96.6 cm³/mol. The summed E-state index contributed by atoms with van der Waals surface area (Å²) in [6, 6.07) is 14.1. The van der Waals surface area contributed by atoms with Crippen LogP contribution in [0.5, 0.6) is 11.5 Å². The van der Waals surface area contributed by atoms with Gasteiger partial charge in [0.05, 0.1) is 22.5 Å². The standard InChI is InChI=1S/C20H19N3O3/c24-14-15-7-8-19(25)18(20(15)26)13-23(11-16-5-1-3-9-21-16)12-17-6-2-4-10-22-17/h1-10,14,25-26H,11-13H2. The molecular weight excluding hydrogens is 330 g/mol. The van der Waals surface area contributed by atoms with Crippen molar-refractivity contribution in [2.75, 3.05) is 0 Å². The van der Waals surface area contributed by atoms with Crippen molar-refractivity contribution in [3.63, 3.8) is 0 Å². The van der Waals surface area contributed by atoms with E-state index in [0.717, 1.165) is 11.4 Å². The molecule has 3 rings (SSSR count). The first kappa shape index (κ1) is 17.6. The van der Waals surface area contributed by atoms with E-state index < -0.39 is 0 Å². The number of phenols is 2. The Balaban J connectivity index is 1.89. The van der Waals surface area contributed by atoms with Crippen LogP contribution in [0.3, 0.4) is 0 Å². The number of phenolic OH excluding ortho intramolecular Hbond substituents is 2. The molecular formula is C20H19N3O3. The zero-order valence-electron chi connectivity index (χ0n) is 14.1. The third-order valence-electron chi connectivity index (χ3n) is 4.02. The van der Waals surface area contributed by atoms with Crippen molar-refractivity contribution >= 4 is 6.29 Å². The van der Waals surface area contributed by atoms with Crippen LogP contribution in [0.15, 0.2) is 60.9 Å². The second kappa shape index (κ2) is 8.22. The maximum absolute atomic E-state index is 11.1. The van der Waals surface area contributed by atoms with E-state index in [9.17, 15) is 15.0 Å². The van der Waals surface area contributed by atoms with Gasteiger partial charge in [-0.15, -0.1) is 0 Å². The summed E-state index contributed by atoms with van der Waals surface area (Å²) in [6.07, 6.45) is 4.01. The van der Waals surface area contributed by atoms with Gasteiger partial charge in [-0.05, 0) is 36.4 Å². The number of aromatic hydroxyl groups is 2. The lowest BCUT2D eigenvalue weighted by molar-refractivity contribution is 0.112. The molecule has 0 aliphatic heterocycles. The highest BCUT2D eigenvalue weighted by molar-refractivity contribution is 5.80. The summed E-state index contributed by atoms with van der Waals surface area (Å²) in [5.41, 5.74) is 2.16. The van der Waals surface area contributed by atoms with Gasteiger partial charge in [-0.3, -0.25) is 19.7 Å². The number of benzene rings is 1. The van der Waals surface area contributed by atoms with Gasteiger partial charge >= 0.3 is 0 Å². The molecule has 0 saturated carbocycles. The highest BCUT2D eigenvalue weighted by Crippen LogP contribution is 2.31. The summed E-state index contributed by atoms with van der Waals surface area (Å²) >= 11 is 0. The number of pyridine rings is 2. The molecule has 2 heterocycles. The molecule has 3 aromatic rings. The van der Waals surface area contributed by atoms with Crippen LogP contribution in [0.1, 0.15) is 27.3 Å². The lowest BCUT2D eigenvalue weighted by atomic mass is 10.1. The lowest BCUT2D eigenvalue weighted by Gasteiger charge is -2.23. The Morgan fingerprint density at radius 1 is 0.846 bits per heavy atom. The highest BCUT2D eigenvalue weighted by Gasteiger charge is 2.17. The van der Waals surface area contributed by atoms with Crippen LogP contribution in [0.2, 0.25) is 0 Å². The van der Waals surface area contributed by atoms with Crippen LogP contribution in [-0.2, 0) is 19.6 Å². The Morgan fingerprint density at radius 3 is 1.96 bits per heavy atom. The molecule has 0 atom stereocenters. The van der Waals surface area contributed by atoms with Gasteiger partial charge in [0.15, 0.2) is 6.29 Å². The van der Waals surface area contributed by atoms with Gasteiger partial charge in [-0.25, -0.2) is 0 Å². The molecule has 6 nitrogen and oxygen atoms in total. The minimum absolute atomic E-state index is 0.0554. The van der Waals surface area contributed by atoms with Gasteiger partial charge in [0, 0.05) is 32.0 Å². The molecule has 0 spiro atoms. The summed E-state index contributed by atoms with van der Waals surface area (Å²) in [6.45, 7) is 1.25. The third-order valence-corrected chi connectivity index (χ3v) is 4.02. The minimum atomic E-state index is -0.202. The third kappa shape index (κ3) is 4.23. The van der Waals surface area contributed by atoms with Crippen molar-refractivity contribution < 1.29 is 15.0 Å². The molecule has 132 valence electrons. The van der Waals surface area contributed by atoms with E-state index in [1.807, 2.05) is 41.3 Å². The fraction of sp³-hybridized carbons (Fsp3) is 0.150. The number of carbonyl (C=O) groups is 1. The molecule has 0 fully saturated rings. The molecule has 0 aliphatic carbocycles. The molecule has 0 amide bonds. The molecule has 2 N–H and O–H groups in total. The van der Waals surface area contributed by atoms with E-state index in [2.05, 4.69) is 9.97 Å². The Kier molecular flexibility index (Phi) is 5.56. The van der Waals surface area contributed by atoms with E-state index in [-0.39, 0.29) is 23.6 Å². The van der Waals surface area contributed by atoms with Crippen molar-refractivity contribution in [2.24, 2.45) is 0 Å². The summed E-state index contributed by atoms with van der Waals surface area (Å²) in [4.78, 5) is 21.8. The minimum Gasteiger partial charge on any atom is -0.507 e. The molecule has 0 bridgehead atoms. The number of aromatic nitrogens is 2. The quantitative estimate of drug-likeness (QED) is 0.638. The van der Waals surface area contributed by atoms with Crippen LogP contribution in [0, 0.1) is 0 Å². The summed E-state index contributed by atoms with van der Waals surface area (Å²) in [5.74, 6) is -0.257. The number of rotatable bonds is 7. The largest absolute Gasteiger partial charge is 0.507 e. The van der Waals surface area contributed by atoms with Gasteiger partial charge in [-0.2, -0.15) is 0 Å². The maximum atomic E-state index is 11.1. The van der Waals surface area contributed by atoms with E-state index in [1.54, 1.807) is 12.4 Å². The van der Waals surface area contributed by atoms with Crippen molar-refractivity contribution in [1.29, 1.82) is 0 Å². The fourth-order valence-electron chi connectivity index (χ4n) is 2.73. The van der Waals surface area contributed by atoms with E-state index in [4.69, 9.17) is 0 Å². The number of carbonyl (C=O) groups excluding carboxylic acids is 1. The zero-order valence-corrected chi connectivity index (χ0v) is 14.1.